The van der Waals surface area contributed by atoms with Gasteiger partial charge in [-0.15, -0.1) is 0 Å². The van der Waals surface area contributed by atoms with Crippen LogP contribution in [0.4, 0.5) is 4.79 Å². The fourth-order valence-corrected chi connectivity index (χ4v) is 5.82. The average molecular weight is 463 g/mol. The third-order valence-electron chi connectivity index (χ3n) is 7.67. The number of likely N-dealkylation sites (tertiary alicyclic amines) is 1. The summed E-state index contributed by atoms with van der Waals surface area (Å²) in [6, 6.07) is 15.4. The second-order valence-electron chi connectivity index (χ2n) is 9.95. The monoisotopic (exact) mass is 462 g/mol. The molecule has 2 N–H and O–H groups in total. The highest BCUT2D eigenvalue weighted by Gasteiger charge is 2.67. The maximum atomic E-state index is 13.4. The maximum absolute atomic E-state index is 13.4. The summed E-state index contributed by atoms with van der Waals surface area (Å²) in [6.07, 6.45) is 1.43. The Labute approximate surface area is 199 Å². The number of rotatable bonds is 6. The number of piperidine rings is 1. The van der Waals surface area contributed by atoms with E-state index in [-0.39, 0.29) is 30.3 Å². The van der Waals surface area contributed by atoms with E-state index in [1.54, 1.807) is 0 Å². The van der Waals surface area contributed by atoms with E-state index in [0.29, 0.717) is 13.0 Å². The molecule has 0 radical (unpaired) electrons. The van der Waals surface area contributed by atoms with Gasteiger partial charge in [0, 0.05) is 12.5 Å². The normalized spacial score (nSPS) is 23.5. The van der Waals surface area contributed by atoms with Crippen LogP contribution in [0.1, 0.15) is 50.2 Å². The predicted molar refractivity (Wildman–Crippen MR) is 126 cm³/mol. The molecule has 0 aromatic heterocycles. The number of alkyl carbamates (subject to hydrolysis) is 1. The molecule has 2 aliphatic carbocycles. The van der Waals surface area contributed by atoms with Crippen molar-refractivity contribution in [2.24, 2.45) is 11.8 Å². The molecule has 2 amide bonds. The number of carboxylic acids is 1. The third-order valence-corrected chi connectivity index (χ3v) is 7.67. The van der Waals surface area contributed by atoms with Crippen LogP contribution in [0.25, 0.3) is 11.1 Å². The number of benzene rings is 2. The topological polar surface area (TPSA) is 95.9 Å². The lowest BCUT2D eigenvalue weighted by Gasteiger charge is -2.37. The number of carbonyl (C=O) groups is 3. The predicted octanol–water partition coefficient (Wildman–Crippen LogP) is 4.02. The number of hydrogen-bond acceptors (Lipinski definition) is 4. The first kappa shape index (κ1) is 22.4. The maximum Gasteiger partial charge on any atom is 0.407 e. The van der Waals surface area contributed by atoms with E-state index in [1.807, 2.05) is 38.1 Å². The van der Waals surface area contributed by atoms with Crippen LogP contribution in [0.3, 0.4) is 0 Å². The van der Waals surface area contributed by atoms with Crippen LogP contribution in [-0.4, -0.2) is 52.7 Å². The summed E-state index contributed by atoms with van der Waals surface area (Å²) in [6.45, 7) is 4.24. The molecular weight excluding hydrogens is 432 g/mol. The molecule has 3 aliphatic rings. The third kappa shape index (κ3) is 3.54. The number of fused-ring (bicyclic) bond motifs is 4. The number of nitrogens with zero attached hydrogens (tertiary/aromatic N) is 1. The zero-order valence-corrected chi connectivity index (χ0v) is 19.5. The number of aliphatic carboxylic acids is 1. The Bertz CT molecular complexity index is 1100. The van der Waals surface area contributed by atoms with Gasteiger partial charge in [0.05, 0.1) is 0 Å². The van der Waals surface area contributed by atoms with E-state index in [2.05, 4.69) is 29.6 Å². The second-order valence-corrected chi connectivity index (χ2v) is 9.95. The molecule has 2 fully saturated rings. The highest BCUT2D eigenvalue weighted by molar-refractivity contribution is 5.94. The number of carbonyl (C=O) groups excluding carboxylic acids is 2. The molecule has 1 saturated carbocycles. The Kier molecular flexibility index (Phi) is 5.58. The van der Waals surface area contributed by atoms with Crippen LogP contribution < -0.4 is 5.32 Å². The lowest BCUT2D eigenvalue weighted by atomic mass is 9.97. The Hall–Kier alpha value is -3.35. The van der Waals surface area contributed by atoms with Crippen molar-refractivity contribution in [2.75, 3.05) is 13.2 Å². The van der Waals surface area contributed by atoms with E-state index in [0.717, 1.165) is 35.1 Å². The number of nitrogens with one attached hydrogen (secondary N) is 1. The van der Waals surface area contributed by atoms with Crippen LogP contribution >= 0.6 is 0 Å². The molecule has 0 bridgehead atoms. The molecule has 2 aromatic carbocycles. The molecule has 0 spiro atoms. The van der Waals surface area contributed by atoms with Gasteiger partial charge in [-0.25, -0.2) is 9.59 Å². The molecule has 178 valence electrons. The van der Waals surface area contributed by atoms with Gasteiger partial charge in [0.2, 0.25) is 5.91 Å². The summed E-state index contributed by atoms with van der Waals surface area (Å²) < 4.78 is 5.63. The van der Waals surface area contributed by atoms with E-state index in [4.69, 9.17) is 4.74 Å². The van der Waals surface area contributed by atoms with Crippen molar-refractivity contribution in [3.05, 3.63) is 59.7 Å². The zero-order chi connectivity index (χ0) is 24.0. The summed E-state index contributed by atoms with van der Waals surface area (Å²) in [5, 5.41) is 12.6. The van der Waals surface area contributed by atoms with Gasteiger partial charge in [-0.05, 0) is 53.4 Å². The highest BCUT2D eigenvalue weighted by atomic mass is 16.5. The van der Waals surface area contributed by atoms with Gasteiger partial charge in [-0.2, -0.15) is 0 Å². The number of ether oxygens (including phenoxy) is 1. The minimum atomic E-state index is -1.11. The lowest BCUT2D eigenvalue weighted by molar-refractivity contribution is -0.156. The molecular formula is C27H30N2O5. The Morgan fingerprint density at radius 3 is 2.29 bits per heavy atom. The summed E-state index contributed by atoms with van der Waals surface area (Å²) in [5.74, 6) is -1.57. The lowest BCUT2D eigenvalue weighted by Crippen LogP contribution is -2.59. The Balaban J connectivity index is 1.28. The van der Waals surface area contributed by atoms with Crippen LogP contribution in [0.15, 0.2) is 48.5 Å². The van der Waals surface area contributed by atoms with E-state index in [9.17, 15) is 19.5 Å². The van der Waals surface area contributed by atoms with Crippen molar-refractivity contribution in [3.63, 3.8) is 0 Å². The Morgan fingerprint density at radius 1 is 1.09 bits per heavy atom. The van der Waals surface area contributed by atoms with Crippen molar-refractivity contribution in [1.82, 2.24) is 10.2 Å². The minimum Gasteiger partial charge on any atom is -0.479 e. The quantitative estimate of drug-likeness (QED) is 0.676. The van der Waals surface area contributed by atoms with Crippen molar-refractivity contribution in [2.45, 2.75) is 50.6 Å². The van der Waals surface area contributed by atoms with Crippen LogP contribution in [0.2, 0.25) is 0 Å². The molecule has 3 atom stereocenters. The van der Waals surface area contributed by atoms with E-state index >= 15 is 0 Å². The molecule has 1 heterocycles. The second kappa shape index (κ2) is 8.46. The van der Waals surface area contributed by atoms with Crippen molar-refractivity contribution < 1.29 is 24.2 Å². The van der Waals surface area contributed by atoms with Gasteiger partial charge >= 0.3 is 12.1 Å². The molecule has 2 aromatic rings. The minimum absolute atomic E-state index is 0.00460. The van der Waals surface area contributed by atoms with Gasteiger partial charge < -0.3 is 20.1 Å². The van der Waals surface area contributed by atoms with Gasteiger partial charge in [-0.1, -0.05) is 62.4 Å². The molecule has 5 rings (SSSR count). The van der Waals surface area contributed by atoms with Gasteiger partial charge in [0.25, 0.3) is 0 Å². The summed E-state index contributed by atoms with van der Waals surface area (Å²) >= 11 is 0. The molecule has 0 unspecified atom stereocenters. The molecule has 1 saturated heterocycles. The SMILES string of the molecule is CC(C)[C@@H](NC(=O)OCC1c2ccccc2-c2ccccc21)C(=O)N1CCC[C@@H]2C[C@@]21C(=O)O. The number of carboxylic acid groups (broad SMARTS) is 1. The molecule has 7 nitrogen and oxygen atoms in total. The molecule has 34 heavy (non-hydrogen) atoms. The average Bonchev–Trinajstić information content (AvgIpc) is 3.51. The van der Waals surface area contributed by atoms with Gasteiger partial charge in [0.15, 0.2) is 0 Å². The summed E-state index contributed by atoms with van der Waals surface area (Å²) in [5.41, 5.74) is 3.41. The first-order chi connectivity index (χ1) is 16.3. The summed E-state index contributed by atoms with van der Waals surface area (Å²) in [7, 11) is 0. The largest absolute Gasteiger partial charge is 0.479 e. The van der Waals surface area contributed by atoms with E-state index < -0.39 is 23.6 Å². The molecule has 1 aliphatic heterocycles. The Morgan fingerprint density at radius 2 is 1.71 bits per heavy atom. The van der Waals surface area contributed by atoms with Crippen LogP contribution in [0, 0.1) is 11.8 Å². The van der Waals surface area contributed by atoms with Crippen molar-refractivity contribution in [1.29, 1.82) is 0 Å². The van der Waals surface area contributed by atoms with Gasteiger partial charge in [0.1, 0.15) is 18.2 Å². The smallest absolute Gasteiger partial charge is 0.407 e. The fraction of sp³-hybridized carbons (Fsp3) is 0.444. The van der Waals surface area contributed by atoms with E-state index in [1.165, 1.54) is 4.90 Å². The fourth-order valence-electron chi connectivity index (χ4n) is 5.82. The number of amides is 2. The molecule has 7 heteroatoms. The first-order valence-electron chi connectivity index (χ1n) is 12.0. The summed E-state index contributed by atoms with van der Waals surface area (Å²) in [4.78, 5) is 39.7. The highest BCUT2D eigenvalue weighted by Crippen LogP contribution is 2.54. The van der Waals surface area contributed by atoms with Crippen molar-refractivity contribution in [3.8, 4) is 11.1 Å². The number of hydrogen-bond donors (Lipinski definition) is 2. The van der Waals surface area contributed by atoms with Crippen molar-refractivity contribution >= 4 is 18.0 Å². The standard InChI is InChI=1S/C27H30N2O5/c1-16(2)23(24(30)29-13-7-8-17-14-27(17,29)25(31)32)28-26(33)34-15-22-20-11-5-3-9-18(20)19-10-4-6-12-21(19)22/h3-6,9-12,16-17,22-23H,7-8,13-15H2,1-2H3,(H,28,33)(H,31,32)/t17-,23-,27+/m1/s1. The van der Waals surface area contributed by atoms with Crippen LogP contribution in [-0.2, 0) is 14.3 Å². The zero-order valence-electron chi connectivity index (χ0n) is 19.5. The first-order valence-corrected chi connectivity index (χ1v) is 12.0. The van der Waals surface area contributed by atoms with Crippen LogP contribution in [0.5, 0.6) is 0 Å². The van der Waals surface area contributed by atoms with Gasteiger partial charge in [-0.3, -0.25) is 4.79 Å².